The lowest BCUT2D eigenvalue weighted by Gasteiger charge is -2.01. The monoisotopic (exact) mass is 279 g/mol. The first-order valence-corrected chi connectivity index (χ1v) is 7.00. The number of nitrogens with one attached hydrogen (secondary N) is 1. The number of aromatic nitrogens is 2. The van der Waals surface area contributed by atoms with Gasteiger partial charge >= 0.3 is 0 Å². The van der Waals surface area contributed by atoms with E-state index in [9.17, 15) is 0 Å². The zero-order chi connectivity index (χ0) is 13.4. The van der Waals surface area contributed by atoms with E-state index < -0.39 is 0 Å². The molecule has 4 nitrogen and oxygen atoms in total. The Kier molecular flexibility index (Phi) is 3.37. The molecule has 0 spiro atoms. The van der Waals surface area contributed by atoms with Crippen molar-refractivity contribution in [3.8, 4) is 0 Å². The third-order valence-corrected chi connectivity index (χ3v) is 4.03. The molecule has 1 fully saturated rings. The van der Waals surface area contributed by atoms with Crippen LogP contribution >= 0.6 is 11.6 Å². The highest BCUT2D eigenvalue weighted by molar-refractivity contribution is 6.31. The van der Waals surface area contributed by atoms with Crippen molar-refractivity contribution in [1.29, 1.82) is 0 Å². The molecule has 19 heavy (non-hydrogen) atoms. The lowest BCUT2D eigenvalue weighted by molar-refractivity contribution is 0.474. The topological polar surface area (TPSA) is 43.0 Å². The Morgan fingerprint density at radius 3 is 2.89 bits per heavy atom. The summed E-state index contributed by atoms with van der Waals surface area (Å²) in [6, 6.07) is 2.80. The van der Waals surface area contributed by atoms with E-state index in [-0.39, 0.29) is 0 Å². The van der Waals surface area contributed by atoms with Crippen LogP contribution in [0.15, 0.2) is 16.7 Å². The Labute approximate surface area is 117 Å². The van der Waals surface area contributed by atoms with E-state index in [1.807, 2.05) is 24.8 Å². The van der Waals surface area contributed by atoms with Gasteiger partial charge in [-0.3, -0.25) is 4.68 Å². The van der Waals surface area contributed by atoms with Crippen LogP contribution in [0.3, 0.4) is 0 Å². The Morgan fingerprint density at radius 1 is 1.47 bits per heavy atom. The number of nitrogens with zero attached hydrogens (tertiary/aromatic N) is 2. The summed E-state index contributed by atoms with van der Waals surface area (Å²) in [7, 11) is 0. The van der Waals surface area contributed by atoms with Gasteiger partial charge in [0.1, 0.15) is 5.76 Å². The Bertz CT molecular complexity index is 584. The maximum absolute atomic E-state index is 6.14. The zero-order valence-electron chi connectivity index (χ0n) is 11.2. The van der Waals surface area contributed by atoms with Crippen LogP contribution in [-0.2, 0) is 13.1 Å². The molecule has 0 amide bonds. The van der Waals surface area contributed by atoms with Crippen LogP contribution < -0.4 is 5.32 Å². The number of furan rings is 1. The molecular formula is C14H18ClN3O. The fourth-order valence-corrected chi connectivity index (χ4v) is 2.26. The van der Waals surface area contributed by atoms with Gasteiger partial charge in [-0.15, -0.1) is 0 Å². The number of hydrogen-bond acceptors (Lipinski definition) is 3. The molecule has 1 aliphatic rings. The van der Waals surface area contributed by atoms with Gasteiger partial charge in [-0.1, -0.05) is 11.6 Å². The van der Waals surface area contributed by atoms with Crippen LogP contribution in [0.1, 0.15) is 35.6 Å². The normalized spacial score (nSPS) is 15.1. The summed E-state index contributed by atoms with van der Waals surface area (Å²) in [5, 5.41) is 8.62. The fourth-order valence-electron chi connectivity index (χ4n) is 2.13. The smallest absolute Gasteiger partial charge is 0.125 e. The standard InChI is InChI=1S/C14H18ClN3O/c1-9-14(15)10(2)18(17-9)7-13-5-11(8-19-13)6-16-12-3-4-12/h5,8,12,16H,3-4,6-7H2,1-2H3. The average Bonchev–Trinajstić information content (AvgIpc) is 3.08. The van der Waals surface area contributed by atoms with Crippen molar-refractivity contribution in [3.63, 3.8) is 0 Å². The maximum atomic E-state index is 6.14. The molecule has 0 aliphatic heterocycles. The first-order valence-electron chi connectivity index (χ1n) is 6.62. The highest BCUT2D eigenvalue weighted by Crippen LogP contribution is 2.21. The van der Waals surface area contributed by atoms with Crippen LogP contribution in [0.5, 0.6) is 0 Å². The second kappa shape index (κ2) is 5.02. The largest absolute Gasteiger partial charge is 0.467 e. The Hall–Kier alpha value is -1.26. The minimum absolute atomic E-state index is 0.628. The fraction of sp³-hybridized carbons (Fsp3) is 0.500. The van der Waals surface area contributed by atoms with Gasteiger partial charge in [-0.2, -0.15) is 5.10 Å². The van der Waals surface area contributed by atoms with Crippen molar-refractivity contribution in [3.05, 3.63) is 40.1 Å². The van der Waals surface area contributed by atoms with Crippen LogP contribution in [-0.4, -0.2) is 15.8 Å². The molecule has 1 saturated carbocycles. The average molecular weight is 280 g/mol. The molecule has 0 unspecified atom stereocenters. The van der Waals surface area contributed by atoms with Gasteiger partial charge in [-0.25, -0.2) is 0 Å². The molecule has 2 aromatic heterocycles. The molecule has 1 N–H and O–H groups in total. The van der Waals surface area contributed by atoms with Crippen molar-refractivity contribution >= 4 is 11.6 Å². The summed E-state index contributed by atoms with van der Waals surface area (Å²) in [5.41, 5.74) is 3.03. The summed E-state index contributed by atoms with van der Waals surface area (Å²) >= 11 is 6.14. The molecule has 1 aliphatic carbocycles. The first-order chi connectivity index (χ1) is 9.13. The van der Waals surface area contributed by atoms with Gasteiger partial charge in [0.25, 0.3) is 0 Å². The van der Waals surface area contributed by atoms with E-state index in [4.69, 9.17) is 16.0 Å². The Balaban J connectivity index is 1.66. The third-order valence-electron chi connectivity index (χ3n) is 3.48. The van der Waals surface area contributed by atoms with Crippen molar-refractivity contribution in [2.24, 2.45) is 0 Å². The minimum atomic E-state index is 0.628. The summed E-state index contributed by atoms with van der Waals surface area (Å²) in [5.74, 6) is 0.912. The molecule has 0 atom stereocenters. The van der Waals surface area contributed by atoms with Gasteiger partial charge in [-0.05, 0) is 32.8 Å². The molecule has 3 rings (SSSR count). The van der Waals surface area contributed by atoms with E-state index in [0.717, 1.165) is 28.7 Å². The summed E-state index contributed by atoms with van der Waals surface area (Å²) in [6.07, 6.45) is 4.42. The number of hydrogen-bond donors (Lipinski definition) is 1. The summed E-state index contributed by atoms with van der Waals surface area (Å²) in [4.78, 5) is 0. The van der Waals surface area contributed by atoms with Crippen LogP contribution in [0.4, 0.5) is 0 Å². The highest BCUT2D eigenvalue weighted by atomic mass is 35.5. The molecule has 2 heterocycles. The lowest BCUT2D eigenvalue weighted by Crippen LogP contribution is -2.14. The van der Waals surface area contributed by atoms with E-state index in [1.165, 1.54) is 18.4 Å². The van der Waals surface area contributed by atoms with E-state index in [2.05, 4.69) is 16.5 Å². The van der Waals surface area contributed by atoms with Crippen molar-refractivity contribution < 1.29 is 4.42 Å². The molecule has 0 bridgehead atoms. The van der Waals surface area contributed by atoms with E-state index >= 15 is 0 Å². The predicted octanol–water partition coefficient (Wildman–Crippen LogP) is 3.05. The Morgan fingerprint density at radius 2 is 2.26 bits per heavy atom. The maximum Gasteiger partial charge on any atom is 0.125 e. The number of rotatable bonds is 5. The lowest BCUT2D eigenvalue weighted by atomic mass is 10.3. The second-order valence-corrected chi connectivity index (χ2v) is 5.60. The van der Waals surface area contributed by atoms with Gasteiger partial charge in [0, 0.05) is 18.2 Å². The van der Waals surface area contributed by atoms with Crippen LogP contribution in [0.25, 0.3) is 0 Å². The van der Waals surface area contributed by atoms with Gasteiger partial charge in [0.15, 0.2) is 0 Å². The summed E-state index contributed by atoms with van der Waals surface area (Å²) < 4.78 is 7.47. The number of halogens is 1. The van der Waals surface area contributed by atoms with Crippen molar-refractivity contribution in [2.75, 3.05) is 0 Å². The zero-order valence-corrected chi connectivity index (χ0v) is 12.0. The molecule has 0 saturated heterocycles. The molecule has 0 aromatic carbocycles. The molecule has 2 aromatic rings. The molecule has 102 valence electrons. The van der Waals surface area contributed by atoms with Gasteiger partial charge in [0.05, 0.1) is 29.2 Å². The van der Waals surface area contributed by atoms with Crippen LogP contribution in [0, 0.1) is 13.8 Å². The third kappa shape index (κ3) is 2.85. The van der Waals surface area contributed by atoms with Gasteiger partial charge < -0.3 is 9.73 Å². The van der Waals surface area contributed by atoms with E-state index in [0.29, 0.717) is 12.6 Å². The predicted molar refractivity (Wildman–Crippen MR) is 74.4 cm³/mol. The first kappa shape index (κ1) is 12.8. The second-order valence-electron chi connectivity index (χ2n) is 5.22. The quantitative estimate of drug-likeness (QED) is 0.915. The van der Waals surface area contributed by atoms with Crippen molar-refractivity contribution in [2.45, 2.75) is 45.8 Å². The molecular weight excluding hydrogens is 262 g/mol. The highest BCUT2D eigenvalue weighted by Gasteiger charge is 2.20. The molecule has 0 radical (unpaired) electrons. The van der Waals surface area contributed by atoms with Gasteiger partial charge in [0.2, 0.25) is 0 Å². The number of aryl methyl sites for hydroxylation is 1. The SMILES string of the molecule is Cc1nn(Cc2cc(CNC3CC3)co2)c(C)c1Cl. The van der Waals surface area contributed by atoms with E-state index in [1.54, 1.807) is 0 Å². The molecule has 5 heteroatoms. The minimum Gasteiger partial charge on any atom is -0.467 e. The van der Waals surface area contributed by atoms with Crippen molar-refractivity contribution in [1.82, 2.24) is 15.1 Å². The van der Waals surface area contributed by atoms with Crippen LogP contribution in [0.2, 0.25) is 5.02 Å². The summed E-state index contributed by atoms with van der Waals surface area (Å²) in [6.45, 7) is 5.40.